The number of carbonyl (C=O) groups is 1. The molecule has 0 N–H and O–H groups in total. The van der Waals surface area contributed by atoms with Gasteiger partial charge in [0.15, 0.2) is 5.16 Å². The first-order chi connectivity index (χ1) is 11.0. The van der Waals surface area contributed by atoms with Gasteiger partial charge in [-0.15, -0.1) is 0 Å². The monoisotopic (exact) mass is 358 g/mol. The predicted octanol–water partition coefficient (Wildman–Crippen LogP) is 3.72. The molecule has 1 aromatic heterocycles. The summed E-state index contributed by atoms with van der Waals surface area (Å²) in [4.78, 5) is 24.9. The maximum Gasteiger partial charge on any atom is 0.233 e. The van der Waals surface area contributed by atoms with Crippen LogP contribution in [0.1, 0.15) is 40.5 Å². The van der Waals surface area contributed by atoms with Crippen LogP contribution in [0.25, 0.3) is 0 Å². The molecule has 0 fully saturated rings. The quantitative estimate of drug-likeness (QED) is 0.362. The fraction of sp³-hybridized carbons (Fsp3) is 0.688. The van der Waals surface area contributed by atoms with E-state index >= 15 is 0 Å². The summed E-state index contributed by atoms with van der Waals surface area (Å²) in [7, 11) is 0. The molecule has 0 aliphatic rings. The standard InChI is InChI=1S/C16H27ClN4OS/c1-5-9-21(10-6-2)14-11-13(17)18-16(19-14)23-12-15(22)20(7-3)8-4/h11H,5-10,12H2,1-4H3. The molecule has 0 saturated heterocycles. The Balaban J connectivity index is 2.82. The van der Waals surface area contributed by atoms with Gasteiger partial charge in [0, 0.05) is 32.2 Å². The first-order valence-corrected chi connectivity index (χ1v) is 9.62. The normalized spacial score (nSPS) is 10.7. The molecule has 130 valence electrons. The van der Waals surface area contributed by atoms with Crippen LogP contribution in [0.2, 0.25) is 5.15 Å². The number of aromatic nitrogens is 2. The van der Waals surface area contributed by atoms with Crippen molar-refractivity contribution in [3.05, 3.63) is 11.2 Å². The second kappa shape index (κ2) is 10.7. The largest absolute Gasteiger partial charge is 0.356 e. The maximum absolute atomic E-state index is 12.1. The Kier molecular flexibility index (Phi) is 9.33. The van der Waals surface area contributed by atoms with E-state index in [0.717, 1.165) is 44.8 Å². The highest BCUT2D eigenvalue weighted by Crippen LogP contribution is 2.22. The Morgan fingerprint density at radius 2 is 1.74 bits per heavy atom. The van der Waals surface area contributed by atoms with E-state index in [1.165, 1.54) is 11.8 Å². The van der Waals surface area contributed by atoms with E-state index in [1.807, 2.05) is 13.8 Å². The zero-order valence-corrected chi connectivity index (χ0v) is 16.1. The summed E-state index contributed by atoms with van der Waals surface area (Å²) in [6.07, 6.45) is 2.09. The third-order valence-electron chi connectivity index (χ3n) is 3.41. The molecule has 1 aromatic rings. The Bertz CT molecular complexity index is 491. The molecule has 0 aliphatic heterocycles. The van der Waals surface area contributed by atoms with Crippen LogP contribution in [0.4, 0.5) is 5.82 Å². The number of anilines is 1. The van der Waals surface area contributed by atoms with Crippen LogP contribution in [-0.2, 0) is 4.79 Å². The molecule has 1 amide bonds. The summed E-state index contributed by atoms with van der Waals surface area (Å²) in [6, 6.07) is 1.79. The molecule has 0 saturated carbocycles. The smallest absolute Gasteiger partial charge is 0.233 e. The van der Waals surface area contributed by atoms with E-state index in [4.69, 9.17) is 11.6 Å². The number of hydrogen-bond donors (Lipinski definition) is 0. The highest BCUT2D eigenvalue weighted by atomic mass is 35.5. The van der Waals surface area contributed by atoms with Crippen LogP contribution < -0.4 is 4.90 Å². The molecule has 7 heteroatoms. The van der Waals surface area contributed by atoms with Crippen LogP contribution >= 0.6 is 23.4 Å². The fourth-order valence-corrected chi connectivity index (χ4v) is 3.27. The zero-order chi connectivity index (χ0) is 17.2. The highest BCUT2D eigenvalue weighted by molar-refractivity contribution is 7.99. The number of nitrogens with zero attached hydrogens (tertiary/aromatic N) is 4. The van der Waals surface area contributed by atoms with Gasteiger partial charge in [0.05, 0.1) is 5.75 Å². The summed E-state index contributed by atoms with van der Waals surface area (Å²) in [5, 5.41) is 0.982. The second-order valence-corrected chi connectivity index (χ2v) is 6.50. The van der Waals surface area contributed by atoms with Crippen molar-refractivity contribution in [2.45, 2.75) is 45.7 Å². The summed E-state index contributed by atoms with van der Waals surface area (Å²) in [5.74, 6) is 1.28. The number of carbonyl (C=O) groups excluding carboxylic acids is 1. The summed E-state index contributed by atoms with van der Waals surface area (Å²) in [6.45, 7) is 11.6. The molecule has 0 bridgehead atoms. The van der Waals surface area contributed by atoms with Crippen molar-refractivity contribution in [3.8, 4) is 0 Å². The lowest BCUT2D eigenvalue weighted by Gasteiger charge is -2.23. The van der Waals surface area contributed by atoms with Gasteiger partial charge in [-0.1, -0.05) is 37.2 Å². The van der Waals surface area contributed by atoms with Gasteiger partial charge < -0.3 is 9.80 Å². The lowest BCUT2D eigenvalue weighted by Crippen LogP contribution is -2.32. The van der Waals surface area contributed by atoms with Gasteiger partial charge in [-0.25, -0.2) is 9.97 Å². The molecule has 0 aromatic carbocycles. The third-order valence-corrected chi connectivity index (χ3v) is 4.44. The lowest BCUT2D eigenvalue weighted by molar-refractivity contribution is -0.127. The van der Waals surface area contributed by atoms with Crippen LogP contribution in [0.5, 0.6) is 0 Å². The van der Waals surface area contributed by atoms with Gasteiger partial charge in [0.25, 0.3) is 0 Å². The average molecular weight is 359 g/mol. The predicted molar refractivity (Wildman–Crippen MR) is 98.5 cm³/mol. The van der Waals surface area contributed by atoms with Crippen molar-refractivity contribution in [2.24, 2.45) is 0 Å². The number of rotatable bonds is 10. The number of amides is 1. The molecule has 5 nitrogen and oxygen atoms in total. The van der Waals surface area contributed by atoms with E-state index < -0.39 is 0 Å². The Morgan fingerprint density at radius 3 is 2.26 bits per heavy atom. The van der Waals surface area contributed by atoms with E-state index in [-0.39, 0.29) is 5.91 Å². The molecule has 0 unspecified atom stereocenters. The van der Waals surface area contributed by atoms with Gasteiger partial charge in [-0.2, -0.15) is 0 Å². The molecule has 23 heavy (non-hydrogen) atoms. The van der Waals surface area contributed by atoms with Gasteiger partial charge >= 0.3 is 0 Å². The van der Waals surface area contributed by atoms with Crippen LogP contribution in [0.3, 0.4) is 0 Å². The van der Waals surface area contributed by atoms with Gasteiger partial charge in [-0.05, 0) is 26.7 Å². The molecule has 0 aliphatic carbocycles. The van der Waals surface area contributed by atoms with Crippen molar-refractivity contribution in [1.29, 1.82) is 0 Å². The molecular weight excluding hydrogens is 332 g/mol. The van der Waals surface area contributed by atoms with Crippen molar-refractivity contribution in [3.63, 3.8) is 0 Å². The molecule has 0 radical (unpaired) electrons. The Hall–Kier alpha value is -1.01. The number of halogens is 1. The number of hydrogen-bond acceptors (Lipinski definition) is 5. The van der Waals surface area contributed by atoms with Crippen molar-refractivity contribution < 1.29 is 4.79 Å². The minimum absolute atomic E-state index is 0.101. The highest BCUT2D eigenvalue weighted by Gasteiger charge is 2.14. The first-order valence-electron chi connectivity index (χ1n) is 8.25. The van der Waals surface area contributed by atoms with Gasteiger partial charge in [0.2, 0.25) is 5.91 Å². The number of thioether (sulfide) groups is 1. The first kappa shape index (κ1) is 20.0. The zero-order valence-electron chi connectivity index (χ0n) is 14.5. The Labute approximate surface area is 148 Å². The van der Waals surface area contributed by atoms with Crippen LogP contribution in [0.15, 0.2) is 11.2 Å². The molecule has 0 spiro atoms. The summed E-state index contributed by atoms with van der Waals surface area (Å²) in [5.41, 5.74) is 0. The summed E-state index contributed by atoms with van der Waals surface area (Å²) < 4.78 is 0. The molecule has 1 rings (SSSR count). The SMILES string of the molecule is CCCN(CCC)c1cc(Cl)nc(SCC(=O)N(CC)CC)n1. The van der Waals surface area contributed by atoms with Crippen molar-refractivity contribution in [2.75, 3.05) is 36.8 Å². The van der Waals surface area contributed by atoms with E-state index in [2.05, 4.69) is 28.7 Å². The molecule has 1 heterocycles. The topological polar surface area (TPSA) is 49.3 Å². The minimum Gasteiger partial charge on any atom is -0.356 e. The fourth-order valence-electron chi connectivity index (χ4n) is 2.29. The average Bonchev–Trinajstić information content (AvgIpc) is 2.53. The lowest BCUT2D eigenvalue weighted by atomic mass is 10.3. The van der Waals surface area contributed by atoms with Crippen molar-refractivity contribution >= 4 is 35.1 Å². The van der Waals surface area contributed by atoms with Gasteiger partial charge in [0.1, 0.15) is 11.0 Å². The van der Waals surface area contributed by atoms with E-state index in [9.17, 15) is 4.79 Å². The summed E-state index contributed by atoms with van der Waals surface area (Å²) >= 11 is 7.49. The van der Waals surface area contributed by atoms with Crippen LogP contribution in [-0.4, -0.2) is 52.7 Å². The molecule has 0 atom stereocenters. The van der Waals surface area contributed by atoms with Crippen molar-refractivity contribution in [1.82, 2.24) is 14.9 Å². The van der Waals surface area contributed by atoms with E-state index in [1.54, 1.807) is 11.0 Å². The minimum atomic E-state index is 0.101. The third kappa shape index (κ3) is 6.55. The Morgan fingerprint density at radius 1 is 1.13 bits per heavy atom. The second-order valence-electron chi connectivity index (χ2n) is 5.17. The van der Waals surface area contributed by atoms with Crippen LogP contribution in [0, 0.1) is 0 Å². The maximum atomic E-state index is 12.1. The van der Waals surface area contributed by atoms with Gasteiger partial charge in [-0.3, -0.25) is 4.79 Å². The van der Waals surface area contributed by atoms with E-state index in [0.29, 0.717) is 16.1 Å². The molecular formula is C16H27ClN4OS.